The van der Waals surface area contributed by atoms with Crippen LogP contribution < -0.4 is 14.8 Å². The summed E-state index contributed by atoms with van der Waals surface area (Å²) in [6.07, 6.45) is -3.77. The van der Waals surface area contributed by atoms with Crippen LogP contribution in [-0.2, 0) is 4.79 Å². The third-order valence-corrected chi connectivity index (χ3v) is 6.57. The van der Waals surface area contributed by atoms with E-state index in [0.717, 1.165) is 17.0 Å². The fourth-order valence-corrected chi connectivity index (χ4v) is 4.44. The minimum Gasteiger partial charge on any atom is -0.478 e. The Morgan fingerprint density at radius 2 is 1.59 bits per heavy atom. The molecule has 0 aliphatic carbocycles. The summed E-state index contributed by atoms with van der Waals surface area (Å²) >= 11 is 0. The highest BCUT2D eigenvalue weighted by molar-refractivity contribution is 6.03. The van der Waals surface area contributed by atoms with Crippen molar-refractivity contribution in [3.63, 3.8) is 0 Å². The molecule has 0 radical (unpaired) electrons. The molecule has 0 bridgehead atoms. The summed E-state index contributed by atoms with van der Waals surface area (Å²) in [7, 11) is 0. The van der Waals surface area contributed by atoms with Crippen LogP contribution in [-0.4, -0.2) is 40.5 Å². The van der Waals surface area contributed by atoms with Gasteiger partial charge in [0.2, 0.25) is 5.91 Å². The van der Waals surface area contributed by atoms with E-state index in [-0.39, 0.29) is 11.3 Å². The average Bonchev–Trinajstić information content (AvgIpc) is 2.84. The summed E-state index contributed by atoms with van der Waals surface area (Å²) in [5.74, 6) is -1.57. The van der Waals surface area contributed by atoms with Gasteiger partial charge in [0.1, 0.15) is 16.9 Å². The number of hydrogen-bond acceptors (Lipinski definition) is 5. The molecule has 200 valence electrons. The van der Waals surface area contributed by atoms with Crippen LogP contribution in [0.2, 0.25) is 0 Å². The maximum atomic E-state index is 13.3. The Hall–Kier alpha value is -3.76. The van der Waals surface area contributed by atoms with E-state index in [4.69, 9.17) is 9.84 Å². The zero-order valence-corrected chi connectivity index (χ0v) is 20.7. The van der Waals surface area contributed by atoms with Gasteiger partial charge in [-0.2, -0.15) is 0 Å². The van der Waals surface area contributed by atoms with E-state index in [9.17, 15) is 27.6 Å². The number of carbonyl (C=O) groups excluding carboxylic acids is 2. The average molecular weight is 523 g/mol. The summed E-state index contributed by atoms with van der Waals surface area (Å²) in [6.45, 7) is 5.54. The molecule has 2 aromatic carbocycles. The summed E-state index contributed by atoms with van der Waals surface area (Å²) in [6, 6.07) is 9.59. The van der Waals surface area contributed by atoms with Crippen molar-refractivity contribution in [2.24, 2.45) is 5.41 Å². The monoisotopic (exact) mass is 522 g/mol. The third-order valence-electron chi connectivity index (χ3n) is 6.57. The van der Waals surface area contributed by atoms with Gasteiger partial charge in [-0.25, -0.2) is 14.5 Å². The second-order valence-corrected chi connectivity index (χ2v) is 8.75. The van der Waals surface area contributed by atoms with E-state index in [0.29, 0.717) is 37.0 Å². The highest BCUT2D eigenvalue weighted by Crippen LogP contribution is 2.46. The molecule has 2 N–H and O–H groups in total. The smallest absolute Gasteiger partial charge is 0.478 e. The number of aromatic carboxylic acids is 1. The van der Waals surface area contributed by atoms with Crippen molar-refractivity contribution in [1.82, 2.24) is 10.2 Å². The number of rotatable bonds is 10. The highest BCUT2D eigenvalue weighted by Gasteiger charge is 2.63. The number of nitrogens with one attached hydrogen (secondary N) is 1. The number of halogens is 3. The van der Waals surface area contributed by atoms with Crippen LogP contribution in [0.3, 0.4) is 0 Å². The molecule has 1 heterocycles. The van der Waals surface area contributed by atoms with Gasteiger partial charge in [-0.1, -0.05) is 39.3 Å². The van der Waals surface area contributed by atoms with Gasteiger partial charge in [-0.15, -0.1) is 13.2 Å². The molecule has 1 aliphatic rings. The summed E-state index contributed by atoms with van der Waals surface area (Å²) in [5.41, 5.74) is -0.311. The number of likely N-dealkylation sites (tertiary alicyclic amines) is 1. The predicted octanol–water partition coefficient (Wildman–Crippen LogP) is 5.89. The molecule has 2 aromatic rings. The van der Waals surface area contributed by atoms with Crippen LogP contribution in [0.1, 0.15) is 68.4 Å². The van der Waals surface area contributed by atoms with Crippen molar-refractivity contribution in [1.29, 1.82) is 0 Å². The van der Waals surface area contributed by atoms with E-state index in [1.165, 1.54) is 36.4 Å². The van der Waals surface area contributed by atoms with Gasteiger partial charge in [-0.05, 0) is 61.2 Å². The zero-order valence-electron chi connectivity index (χ0n) is 20.7. The number of carbonyl (C=O) groups is 3. The maximum Gasteiger partial charge on any atom is 0.573 e. The van der Waals surface area contributed by atoms with E-state index >= 15 is 0 Å². The van der Waals surface area contributed by atoms with Crippen molar-refractivity contribution in [3.8, 4) is 11.5 Å². The number of alkyl halides is 3. The van der Waals surface area contributed by atoms with Crippen molar-refractivity contribution >= 4 is 17.9 Å². The number of carboxylic acid groups (broad SMARTS) is 1. The normalized spacial score (nSPS) is 17.5. The van der Waals surface area contributed by atoms with E-state index in [1.54, 1.807) is 0 Å². The number of amides is 3. The van der Waals surface area contributed by atoms with Gasteiger partial charge in [0, 0.05) is 0 Å². The lowest BCUT2D eigenvalue weighted by molar-refractivity contribution is -0.274. The molecule has 37 heavy (non-hydrogen) atoms. The summed E-state index contributed by atoms with van der Waals surface area (Å²) < 4.78 is 47.4. The first-order chi connectivity index (χ1) is 17.5. The van der Waals surface area contributed by atoms with Gasteiger partial charge >= 0.3 is 18.4 Å². The highest BCUT2D eigenvalue weighted by atomic mass is 19.4. The van der Waals surface area contributed by atoms with E-state index < -0.39 is 42.0 Å². The number of urea groups is 1. The molecule has 3 rings (SSSR count). The quantitative estimate of drug-likeness (QED) is 0.377. The van der Waals surface area contributed by atoms with Crippen molar-refractivity contribution in [2.75, 3.05) is 0 Å². The fraction of sp³-hybridized carbons (Fsp3) is 0.423. The molecule has 0 aromatic heterocycles. The minimum atomic E-state index is -4.82. The van der Waals surface area contributed by atoms with Gasteiger partial charge in [0.25, 0.3) is 0 Å². The lowest BCUT2D eigenvalue weighted by Crippen LogP contribution is -2.73. The molecule has 1 aliphatic heterocycles. The summed E-state index contributed by atoms with van der Waals surface area (Å²) in [4.78, 5) is 38.6. The topological polar surface area (TPSA) is 105 Å². The fourth-order valence-electron chi connectivity index (χ4n) is 4.44. The molecule has 2 unspecified atom stereocenters. The van der Waals surface area contributed by atoms with E-state index in [1.807, 2.05) is 20.8 Å². The molecule has 1 fully saturated rings. The number of ether oxygens (including phenoxy) is 2. The molecular formula is C26H29F3N2O6. The lowest BCUT2D eigenvalue weighted by atomic mass is 9.72. The number of nitrogens with zero attached hydrogens (tertiary/aromatic N) is 1. The van der Waals surface area contributed by atoms with Crippen LogP contribution in [0.25, 0.3) is 0 Å². The molecule has 8 nitrogen and oxygen atoms in total. The van der Waals surface area contributed by atoms with E-state index in [2.05, 4.69) is 10.1 Å². The Kier molecular flexibility index (Phi) is 8.35. The second-order valence-electron chi connectivity index (χ2n) is 8.75. The number of hydrogen-bond donors (Lipinski definition) is 2. The largest absolute Gasteiger partial charge is 0.573 e. The molecule has 11 heteroatoms. The zero-order chi connectivity index (χ0) is 27.4. The van der Waals surface area contributed by atoms with Gasteiger partial charge in [-0.3, -0.25) is 4.79 Å². The van der Waals surface area contributed by atoms with Gasteiger partial charge in [0.05, 0.1) is 11.6 Å². The van der Waals surface area contributed by atoms with Crippen LogP contribution in [0.15, 0.2) is 48.5 Å². The molecule has 0 spiro atoms. The van der Waals surface area contributed by atoms with Crippen LogP contribution in [0.5, 0.6) is 11.5 Å². The number of β-lactam (4-membered cyclic amide) rings is 1. The molecular weight excluding hydrogens is 493 g/mol. The first-order valence-electron chi connectivity index (χ1n) is 12.0. The molecule has 3 amide bonds. The number of carboxylic acids is 1. The maximum absolute atomic E-state index is 13.3. The van der Waals surface area contributed by atoms with Crippen molar-refractivity contribution < 1.29 is 42.1 Å². The number of imide groups is 1. The first-order valence-corrected chi connectivity index (χ1v) is 12.0. The first kappa shape index (κ1) is 27.8. The third kappa shape index (κ3) is 5.98. The number of benzene rings is 2. The summed E-state index contributed by atoms with van der Waals surface area (Å²) in [5, 5.41) is 11.9. The SMILES string of the molecule is CCCC(NC(=O)N1C(=O)C(CC)(CC)C1Oc1ccc(C(=O)O)cc1)c1ccc(OC(F)(F)F)cc1. The van der Waals surface area contributed by atoms with Crippen LogP contribution in [0, 0.1) is 5.41 Å². The Bertz CT molecular complexity index is 1110. The second kappa shape index (κ2) is 11.1. The van der Waals surface area contributed by atoms with Crippen LogP contribution >= 0.6 is 0 Å². The Morgan fingerprint density at radius 3 is 2.08 bits per heavy atom. The van der Waals surface area contributed by atoms with Crippen LogP contribution in [0.4, 0.5) is 18.0 Å². The Balaban J connectivity index is 1.81. The standard InChI is InChI=1S/C26H29F3N2O6/c1-4-7-20(16-8-14-19(15-9-16)37-26(27,28)29)30-24(35)31-22(34)25(5-2,6-3)23(31)36-18-12-10-17(11-13-18)21(32)33/h8-15,20,23H,4-7H2,1-3H3,(H,30,35)(H,32,33). The molecule has 2 atom stereocenters. The van der Waals surface area contributed by atoms with Gasteiger partial charge in [0.15, 0.2) is 6.23 Å². The molecule has 1 saturated heterocycles. The Labute approximate surface area is 212 Å². The molecule has 0 saturated carbocycles. The predicted molar refractivity (Wildman–Crippen MR) is 127 cm³/mol. The minimum absolute atomic E-state index is 0.0675. The van der Waals surface area contributed by atoms with Crippen molar-refractivity contribution in [2.45, 2.75) is 65.1 Å². The van der Waals surface area contributed by atoms with Crippen molar-refractivity contribution in [3.05, 3.63) is 59.7 Å². The lowest BCUT2D eigenvalue weighted by Gasteiger charge is -2.53. The van der Waals surface area contributed by atoms with Gasteiger partial charge < -0.3 is 19.9 Å². The Morgan fingerprint density at radius 1 is 1.03 bits per heavy atom.